The highest BCUT2D eigenvalue weighted by molar-refractivity contribution is 14.0. The zero-order valence-electron chi connectivity index (χ0n) is 17.9. The first-order valence-electron chi connectivity index (χ1n) is 10.6. The molecule has 0 aromatic carbocycles. The fourth-order valence-electron chi connectivity index (χ4n) is 3.43. The number of piperidine rings is 1. The predicted octanol–water partition coefficient (Wildman–Crippen LogP) is 1.11. The average Bonchev–Trinajstić information content (AvgIpc) is 3.17. The maximum absolute atomic E-state index is 11.3. The van der Waals surface area contributed by atoms with Crippen LogP contribution in [0.2, 0.25) is 0 Å². The van der Waals surface area contributed by atoms with Gasteiger partial charge in [0, 0.05) is 64.2 Å². The first-order valence-corrected chi connectivity index (χ1v) is 12.6. The van der Waals surface area contributed by atoms with Crippen molar-refractivity contribution in [2.24, 2.45) is 10.9 Å². The molecule has 2 heterocycles. The van der Waals surface area contributed by atoms with E-state index in [1.165, 1.54) is 6.26 Å². The van der Waals surface area contributed by atoms with Gasteiger partial charge >= 0.3 is 0 Å². The highest BCUT2D eigenvalue weighted by atomic mass is 127. The minimum atomic E-state index is -2.89. The van der Waals surface area contributed by atoms with Crippen LogP contribution in [0.25, 0.3) is 0 Å². The smallest absolute Gasteiger partial charge is 0.191 e. The van der Waals surface area contributed by atoms with Crippen LogP contribution in [0.1, 0.15) is 32.6 Å². The Balaban J connectivity index is 0.00000420. The number of likely N-dealkylation sites (tertiary alicyclic amines) is 1. The van der Waals surface area contributed by atoms with E-state index >= 15 is 0 Å². The van der Waals surface area contributed by atoms with Crippen LogP contribution in [0, 0.1) is 5.92 Å². The first-order chi connectivity index (χ1) is 13.5. The maximum atomic E-state index is 11.3. The number of nitrogens with one attached hydrogen (secondary N) is 2. The quantitative estimate of drug-likeness (QED) is 0.174. The van der Waals surface area contributed by atoms with Crippen LogP contribution in [0.15, 0.2) is 4.99 Å². The van der Waals surface area contributed by atoms with E-state index in [4.69, 9.17) is 9.47 Å². The second-order valence-corrected chi connectivity index (χ2v) is 10.1. The third-order valence-electron chi connectivity index (χ3n) is 5.15. The summed E-state index contributed by atoms with van der Waals surface area (Å²) in [5.41, 5.74) is 0. The summed E-state index contributed by atoms with van der Waals surface area (Å²) in [6.07, 6.45) is 5.32. The highest BCUT2D eigenvalue weighted by Gasteiger charge is 2.20. The molecule has 172 valence electrons. The van der Waals surface area contributed by atoms with Crippen molar-refractivity contribution >= 4 is 39.8 Å². The molecule has 0 bridgehead atoms. The summed E-state index contributed by atoms with van der Waals surface area (Å²) in [6.45, 7) is 9.34. The second-order valence-electron chi connectivity index (χ2n) is 7.81. The van der Waals surface area contributed by atoms with E-state index < -0.39 is 9.84 Å². The molecular formula is C19H39IN4O4S. The molecule has 0 aliphatic carbocycles. The Morgan fingerprint density at radius 2 is 2.03 bits per heavy atom. The number of ether oxygens (including phenoxy) is 2. The normalized spacial score (nSPS) is 21.7. The topological polar surface area (TPSA) is 92.3 Å². The van der Waals surface area contributed by atoms with Crippen LogP contribution in [0.3, 0.4) is 0 Å². The van der Waals surface area contributed by atoms with Gasteiger partial charge < -0.3 is 25.0 Å². The molecular weight excluding hydrogens is 507 g/mol. The minimum Gasteiger partial charge on any atom is -0.381 e. The molecule has 2 rings (SSSR count). The Morgan fingerprint density at radius 3 is 2.66 bits per heavy atom. The lowest BCUT2D eigenvalue weighted by atomic mass is 10.1. The molecule has 0 amide bonds. The van der Waals surface area contributed by atoms with Gasteiger partial charge in [0.2, 0.25) is 0 Å². The molecule has 1 atom stereocenters. The van der Waals surface area contributed by atoms with Crippen molar-refractivity contribution in [2.45, 2.75) is 38.6 Å². The van der Waals surface area contributed by atoms with Crippen molar-refractivity contribution in [2.75, 3.05) is 71.2 Å². The van der Waals surface area contributed by atoms with E-state index in [9.17, 15) is 8.42 Å². The zero-order chi connectivity index (χ0) is 20.2. The molecule has 0 saturated carbocycles. The summed E-state index contributed by atoms with van der Waals surface area (Å²) in [7, 11) is -2.89. The van der Waals surface area contributed by atoms with Gasteiger partial charge in [0.15, 0.2) is 5.96 Å². The Morgan fingerprint density at radius 1 is 1.28 bits per heavy atom. The summed E-state index contributed by atoms with van der Waals surface area (Å²) in [4.78, 5) is 6.89. The highest BCUT2D eigenvalue weighted by Crippen LogP contribution is 2.12. The van der Waals surface area contributed by atoms with Gasteiger partial charge in [-0.15, -0.1) is 24.0 Å². The first kappa shape index (κ1) is 26.9. The van der Waals surface area contributed by atoms with Crippen molar-refractivity contribution in [1.29, 1.82) is 0 Å². The summed E-state index contributed by atoms with van der Waals surface area (Å²) < 4.78 is 33.7. The fraction of sp³-hybridized carbons (Fsp3) is 0.947. The van der Waals surface area contributed by atoms with E-state index in [0.717, 1.165) is 84.2 Å². The molecule has 2 aliphatic heterocycles. The van der Waals surface area contributed by atoms with Crippen molar-refractivity contribution in [3.8, 4) is 0 Å². The van der Waals surface area contributed by atoms with Crippen LogP contribution in [-0.4, -0.2) is 96.5 Å². The van der Waals surface area contributed by atoms with Gasteiger partial charge in [-0.25, -0.2) is 8.42 Å². The van der Waals surface area contributed by atoms with Crippen molar-refractivity contribution in [3.63, 3.8) is 0 Å². The van der Waals surface area contributed by atoms with Gasteiger partial charge in [-0.05, 0) is 32.6 Å². The molecule has 0 aromatic heterocycles. The van der Waals surface area contributed by atoms with Crippen LogP contribution >= 0.6 is 24.0 Å². The minimum absolute atomic E-state index is 0. The third kappa shape index (κ3) is 12.3. The maximum Gasteiger partial charge on any atom is 0.191 e. The largest absolute Gasteiger partial charge is 0.381 e. The predicted molar refractivity (Wildman–Crippen MR) is 128 cm³/mol. The zero-order valence-corrected chi connectivity index (χ0v) is 21.0. The molecule has 29 heavy (non-hydrogen) atoms. The van der Waals surface area contributed by atoms with Gasteiger partial charge in [0.25, 0.3) is 0 Å². The Hall–Kier alpha value is -0.170. The van der Waals surface area contributed by atoms with Gasteiger partial charge in [0.1, 0.15) is 9.84 Å². The third-order valence-corrected chi connectivity index (χ3v) is 6.07. The number of sulfone groups is 1. The monoisotopic (exact) mass is 546 g/mol. The van der Waals surface area contributed by atoms with Crippen molar-refractivity contribution in [3.05, 3.63) is 0 Å². The molecule has 0 spiro atoms. The van der Waals surface area contributed by atoms with Gasteiger partial charge in [0.05, 0.1) is 19.0 Å². The number of aliphatic imine (C=N–C) groups is 1. The lowest BCUT2D eigenvalue weighted by molar-refractivity contribution is 0.0893. The standard InChI is InChI=1S/C19H38N4O4S.HI/c1-3-20-19(21-8-4-12-26-15-17-7-13-27-16-17)22-18-5-9-23(10-6-18)11-14-28(2,24)25;/h17-18H,3-16H2,1-2H3,(H2,20,21,22);1H. The number of guanidine groups is 1. The molecule has 0 radical (unpaired) electrons. The van der Waals surface area contributed by atoms with Crippen molar-refractivity contribution in [1.82, 2.24) is 15.5 Å². The van der Waals surface area contributed by atoms with E-state index in [0.29, 0.717) is 18.5 Å². The van der Waals surface area contributed by atoms with Gasteiger partial charge in [-0.2, -0.15) is 0 Å². The SMILES string of the molecule is CCNC(=NCCCOCC1CCOC1)NC1CCN(CCS(C)(=O)=O)CC1.I. The molecule has 2 N–H and O–H groups in total. The summed E-state index contributed by atoms with van der Waals surface area (Å²) in [5.74, 6) is 1.66. The summed E-state index contributed by atoms with van der Waals surface area (Å²) in [6, 6.07) is 0.380. The Labute approximate surface area is 193 Å². The number of rotatable bonds is 11. The average molecular weight is 547 g/mol. The Kier molecular flexibility index (Phi) is 13.7. The molecule has 2 saturated heterocycles. The van der Waals surface area contributed by atoms with E-state index in [-0.39, 0.29) is 29.7 Å². The molecule has 2 fully saturated rings. The fourth-order valence-corrected chi connectivity index (χ4v) is 4.02. The van der Waals surface area contributed by atoms with Crippen molar-refractivity contribution < 1.29 is 17.9 Å². The summed E-state index contributed by atoms with van der Waals surface area (Å²) in [5, 5.41) is 6.83. The van der Waals surface area contributed by atoms with Crippen LogP contribution in [-0.2, 0) is 19.3 Å². The molecule has 10 heteroatoms. The summed E-state index contributed by atoms with van der Waals surface area (Å²) >= 11 is 0. The lowest BCUT2D eigenvalue weighted by Gasteiger charge is -2.32. The van der Waals surface area contributed by atoms with E-state index in [1.54, 1.807) is 0 Å². The van der Waals surface area contributed by atoms with Crippen LogP contribution < -0.4 is 10.6 Å². The number of nitrogens with zero attached hydrogens (tertiary/aromatic N) is 2. The van der Waals surface area contributed by atoms with Gasteiger partial charge in [-0.3, -0.25) is 4.99 Å². The lowest BCUT2D eigenvalue weighted by Crippen LogP contribution is -2.49. The molecule has 0 aromatic rings. The second kappa shape index (κ2) is 14.8. The van der Waals surface area contributed by atoms with Crippen LogP contribution in [0.4, 0.5) is 0 Å². The number of halogens is 1. The van der Waals surface area contributed by atoms with E-state index in [2.05, 4.69) is 27.4 Å². The molecule has 2 aliphatic rings. The number of hydrogen-bond acceptors (Lipinski definition) is 6. The molecule has 8 nitrogen and oxygen atoms in total. The van der Waals surface area contributed by atoms with Gasteiger partial charge in [-0.1, -0.05) is 0 Å². The van der Waals surface area contributed by atoms with Crippen LogP contribution in [0.5, 0.6) is 0 Å². The number of hydrogen-bond donors (Lipinski definition) is 2. The van der Waals surface area contributed by atoms with E-state index in [1.807, 2.05) is 0 Å². The Bertz CT molecular complexity index is 563. The molecule has 1 unspecified atom stereocenters.